The molecule has 0 aliphatic rings. The van der Waals surface area contributed by atoms with Crippen LogP contribution >= 0.6 is 24.8 Å². The third kappa shape index (κ3) is 5.79. The van der Waals surface area contributed by atoms with E-state index < -0.39 is 0 Å². The van der Waals surface area contributed by atoms with Crippen molar-refractivity contribution in [3.63, 3.8) is 0 Å². The van der Waals surface area contributed by atoms with Gasteiger partial charge in [0.15, 0.2) is 0 Å². The Balaban J connectivity index is 0.00000196. The summed E-state index contributed by atoms with van der Waals surface area (Å²) in [4.78, 5) is 16.4. The summed E-state index contributed by atoms with van der Waals surface area (Å²) in [5.74, 6) is 0.318. The van der Waals surface area contributed by atoms with E-state index >= 15 is 0 Å². The summed E-state index contributed by atoms with van der Waals surface area (Å²) >= 11 is 0. The molecule has 0 fully saturated rings. The zero-order valence-electron chi connectivity index (χ0n) is 15.8. The smallest absolute Gasteiger partial charge is 0.251 e. The molecule has 3 rings (SSSR count). The number of amides is 1. The van der Waals surface area contributed by atoms with Crippen molar-refractivity contribution in [2.75, 3.05) is 6.54 Å². The first-order chi connectivity index (χ1) is 12.5. The van der Waals surface area contributed by atoms with Crippen LogP contribution in [0.2, 0.25) is 0 Å². The number of carbonyl (C=O) groups is 1. The highest BCUT2D eigenvalue weighted by atomic mass is 35.5. The molecular formula is C20H25Cl2N5O. The lowest BCUT2D eigenvalue weighted by Gasteiger charge is -2.15. The Hall–Kier alpha value is -2.41. The number of rotatable bonds is 6. The molecule has 3 N–H and O–H groups in total. The number of benzene rings is 2. The average molecular weight is 422 g/mol. The SMILES string of the molecule is CC(C)c1ccc(C(N)CNC(=O)c2cccc(-n3cncn3)c2)cc1.Cl.Cl. The number of nitrogens with zero attached hydrogens (tertiary/aromatic N) is 3. The molecule has 0 saturated heterocycles. The zero-order valence-corrected chi connectivity index (χ0v) is 17.4. The van der Waals surface area contributed by atoms with Gasteiger partial charge in [-0.1, -0.05) is 44.2 Å². The molecule has 28 heavy (non-hydrogen) atoms. The van der Waals surface area contributed by atoms with Gasteiger partial charge in [0.25, 0.3) is 5.91 Å². The Morgan fingerprint density at radius 2 is 1.79 bits per heavy atom. The highest BCUT2D eigenvalue weighted by Crippen LogP contribution is 2.17. The number of halogens is 2. The van der Waals surface area contributed by atoms with E-state index in [0.29, 0.717) is 18.0 Å². The normalized spacial score (nSPS) is 11.3. The number of hydrogen-bond acceptors (Lipinski definition) is 4. The molecule has 8 heteroatoms. The largest absolute Gasteiger partial charge is 0.350 e. The summed E-state index contributed by atoms with van der Waals surface area (Å²) < 4.78 is 1.61. The number of nitrogens with one attached hydrogen (secondary N) is 1. The second kappa shape index (κ2) is 10.8. The van der Waals surface area contributed by atoms with E-state index in [1.165, 1.54) is 11.9 Å². The van der Waals surface area contributed by atoms with Crippen LogP contribution in [0.15, 0.2) is 61.2 Å². The van der Waals surface area contributed by atoms with Crippen molar-refractivity contribution in [1.29, 1.82) is 0 Å². The maximum Gasteiger partial charge on any atom is 0.251 e. The van der Waals surface area contributed by atoms with Crippen molar-refractivity contribution in [3.8, 4) is 5.69 Å². The number of hydrogen-bond donors (Lipinski definition) is 2. The Labute approximate surface area is 177 Å². The lowest BCUT2D eigenvalue weighted by Crippen LogP contribution is -2.32. The first-order valence-corrected chi connectivity index (χ1v) is 8.63. The van der Waals surface area contributed by atoms with Gasteiger partial charge >= 0.3 is 0 Å². The summed E-state index contributed by atoms with van der Waals surface area (Å²) in [6.07, 6.45) is 3.05. The second-order valence-electron chi connectivity index (χ2n) is 6.53. The predicted molar refractivity (Wildman–Crippen MR) is 116 cm³/mol. The molecule has 0 radical (unpaired) electrons. The Morgan fingerprint density at radius 3 is 2.39 bits per heavy atom. The highest BCUT2D eigenvalue weighted by Gasteiger charge is 2.11. The second-order valence-corrected chi connectivity index (χ2v) is 6.53. The van der Waals surface area contributed by atoms with Crippen molar-refractivity contribution < 1.29 is 4.79 Å². The van der Waals surface area contributed by atoms with Crippen molar-refractivity contribution in [2.24, 2.45) is 5.73 Å². The monoisotopic (exact) mass is 421 g/mol. The molecule has 1 amide bonds. The summed E-state index contributed by atoms with van der Waals surface area (Å²) in [7, 11) is 0. The summed E-state index contributed by atoms with van der Waals surface area (Å²) in [5.41, 5.74) is 9.83. The van der Waals surface area contributed by atoms with Crippen molar-refractivity contribution >= 4 is 30.7 Å². The fourth-order valence-corrected chi connectivity index (χ4v) is 2.68. The van der Waals surface area contributed by atoms with E-state index in [2.05, 4.69) is 41.4 Å². The van der Waals surface area contributed by atoms with E-state index in [1.54, 1.807) is 23.1 Å². The molecule has 6 nitrogen and oxygen atoms in total. The van der Waals surface area contributed by atoms with Crippen LogP contribution in [-0.4, -0.2) is 27.2 Å². The van der Waals surface area contributed by atoms with E-state index in [-0.39, 0.29) is 36.8 Å². The van der Waals surface area contributed by atoms with Crippen molar-refractivity contribution in [2.45, 2.75) is 25.8 Å². The summed E-state index contributed by atoms with van der Waals surface area (Å²) in [6.45, 7) is 4.68. The van der Waals surface area contributed by atoms with Gasteiger partial charge < -0.3 is 11.1 Å². The highest BCUT2D eigenvalue weighted by molar-refractivity contribution is 5.94. The molecule has 0 aliphatic heterocycles. The summed E-state index contributed by atoms with van der Waals surface area (Å²) in [6, 6.07) is 15.2. The van der Waals surface area contributed by atoms with Crippen LogP contribution in [0.4, 0.5) is 0 Å². The molecule has 0 bridgehead atoms. The van der Waals surface area contributed by atoms with E-state index in [1.807, 2.05) is 24.3 Å². The minimum atomic E-state index is -0.251. The quantitative estimate of drug-likeness (QED) is 0.635. The van der Waals surface area contributed by atoms with Crippen LogP contribution in [0.1, 0.15) is 47.3 Å². The van der Waals surface area contributed by atoms with Crippen molar-refractivity contribution in [3.05, 3.63) is 77.9 Å². The molecule has 1 unspecified atom stereocenters. The molecule has 0 saturated carbocycles. The van der Waals surface area contributed by atoms with Gasteiger partial charge in [-0.05, 0) is 35.2 Å². The lowest BCUT2D eigenvalue weighted by atomic mass is 9.99. The predicted octanol–water partition coefficient (Wildman–Crippen LogP) is 3.66. The van der Waals surface area contributed by atoms with E-state index in [4.69, 9.17) is 5.73 Å². The van der Waals surface area contributed by atoms with Crippen LogP contribution in [0.3, 0.4) is 0 Å². The minimum Gasteiger partial charge on any atom is -0.350 e. The van der Waals surface area contributed by atoms with Gasteiger partial charge in [-0.3, -0.25) is 4.79 Å². The summed E-state index contributed by atoms with van der Waals surface area (Å²) in [5, 5.41) is 6.97. The third-order valence-electron chi connectivity index (χ3n) is 4.31. The molecule has 1 atom stereocenters. The van der Waals surface area contributed by atoms with Gasteiger partial charge in [0.05, 0.1) is 5.69 Å². The van der Waals surface area contributed by atoms with Crippen LogP contribution in [0.25, 0.3) is 5.69 Å². The van der Waals surface area contributed by atoms with Crippen molar-refractivity contribution in [1.82, 2.24) is 20.1 Å². The van der Waals surface area contributed by atoms with Gasteiger partial charge in [-0.15, -0.1) is 24.8 Å². The fraction of sp³-hybridized carbons (Fsp3) is 0.250. The van der Waals surface area contributed by atoms with E-state index in [0.717, 1.165) is 11.3 Å². The molecule has 0 spiro atoms. The standard InChI is InChI=1S/C20H23N5O.2ClH/c1-14(2)15-6-8-16(9-7-15)19(21)11-23-20(26)17-4-3-5-18(10-17)25-13-22-12-24-25;;/h3-10,12-14,19H,11,21H2,1-2H3,(H,23,26);2*1H. The van der Waals surface area contributed by atoms with Crippen LogP contribution in [0, 0.1) is 0 Å². The minimum absolute atomic E-state index is 0. The average Bonchev–Trinajstić information content (AvgIpc) is 3.21. The number of nitrogens with two attached hydrogens (primary N) is 1. The van der Waals surface area contributed by atoms with Gasteiger partial charge in [-0.25, -0.2) is 9.67 Å². The lowest BCUT2D eigenvalue weighted by molar-refractivity contribution is 0.0951. The maximum atomic E-state index is 12.4. The Kier molecular flexibility index (Phi) is 9.12. The molecular weight excluding hydrogens is 397 g/mol. The third-order valence-corrected chi connectivity index (χ3v) is 4.31. The Morgan fingerprint density at radius 1 is 1.11 bits per heavy atom. The van der Waals surface area contributed by atoms with Crippen LogP contribution in [0.5, 0.6) is 0 Å². The molecule has 3 aromatic rings. The molecule has 0 aliphatic carbocycles. The first-order valence-electron chi connectivity index (χ1n) is 8.63. The topological polar surface area (TPSA) is 85.8 Å². The fourth-order valence-electron chi connectivity index (χ4n) is 2.68. The van der Waals surface area contributed by atoms with E-state index in [9.17, 15) is 4.79 Å². The maximum absolute atomic E-state index is 12.4. The Bertz CT molecular complexity index is 867. The van der Waals surface area contributed by atoms with Gasteiger partial charge in [-0.2, -0.15) is 5.10 Å². The number of aromatic nitrogens is 3. The first kappa shape index (κ1) is 23.6. The van der Waals surface area contributed by atoms with Gasteiger partial charge in [0.2, 0.25) is 0 Å². The van der Waals surface area contributed by atoms with Crippen LogP contribution < -0.4 is 11.1 Å². The number of carbonyl (C=O) groups excluding carboxylic acids is 1. The molecule has 1 aromatic heterocycles. The molecule has 150 valence electrons. The zero-order chi connectivity index (χ0) is 18.5. The van der Waals surface area contributed by atoms with Crippen LogP contribution in [-0.2, 0) is 0 Å². The van der Waals surface area contributed by atoms with Gasteiger partial charge in [0.1, 0.15) is 12.7 Å². The molecule has 2 aromatic carbocycles. The molecule has 1 heterocycles. The van der Waals surface area contributed by atoms with Gasteiger partial charge in [0, 0.05) is 18.2 Å².